The van der Waals surface area contributed by atoms with Crippen molar-refractivity contribution in [1.82, 2.24) is 19.9 Å². The predicted octanol–water partition coefficient (Wildman–Crippen LogP) is 1.67. The second kappa shape index (κ2) is 6.39. The van der Waals surface area contributed by atoms with Crippen LogP contribution in [0.4, 0.5) is 0 Å². The molecule has 0 aliphatic carbocycles. The molecule has 3 aromatic rings. The third-order valence-electron chi connectivity index (χ3n) is 3.64. The lowest BCUT2D eigenvalue weighted by molar-refractivity contribution is -0.122. The normalized spacial score (nSPS) is 12.0. The molecule has 0 spiro atoms. The van der Waals surface area contributed by atoms with Crippen LogP contribution in [-0.4, -0.2) is 20.4 Å². The van der Waals surface area contributed by atoms with Gasteiger partial charge in [0.15, 0.2) is 0 Å². The van der Waals surface area contributed by atoms with E-state index in [2.05, 4.69) is 15.3 Å². The van der Waals surface area contributed by atoms with Crippen LogP contribution >= 0.6 is 0 Å². The fraction of sp³-hybridized carbons (Fsp3) is 0.176. The lowest BCUT2D eigenvalue weighted by Crippen LogP contribution is -2.34. The molecule has 23 heavy (non-hydrogen) atoms. The summed E-state index contributed by atoms with van der Waals surface area (Å²) in [5.74, 6) is -0.229. The zero-order chi connectivity index (χ0) is 16.2. The van der Waals surface area contributed by atoms with Crippen molar-refractivity contribution in [2.75, 3.05) is 0 Å². The molecule has 1 N–H and O–H groups in total. The molecule has 0 fully saturated rings. The van der Waals surface area contributed by atoms with Crippen LogP contribution in [0.1, 0.15) is 18.5 Å². The third kappa shape index (κ3) is 3.26. The topological polar surface area (TPSA) is 76.9 Å². The van der Waals surface area contributed by atoms with Crippen LogP contribution in [0.5, 0.6) is 0 Å². The SMILES string of the molecule is CC(NC(=O)Cn1c(=O)cnc2ccccc21)c1ccncc1. The van der Waals surface area contributed by atoms with E-state index in [1.54, 1.807) is 18.5 Å². The monoisotopic (exact) mass is 308 g/mol. The Morgan fingerprint density at radius 1 is 1.22 bits per heavy atom. The van der Waals surface area contributed by atoms with Crippen LogP contribution in [0.3, 0.4) is 0 Å². The molecule has 1 atom stereocenters. The summed E-state index contributed by atoms with van der Waals surface area (Å²) >= 11 is 0. The van der Waals surface area contributed by atoms with E-state index in [9.17, 15) is 9.59 Å². The summed E-state index contributed by atoms with van der Waals surface area (Å²) in [6, 6.07) is 10.8. The lowest BCUT2D eigenvalue weighted by atomic mass is 10.1. The number of hydrogen-bond acceptors (Lipinski definition) is 4. The Labute approximate surface area is 132 Å². The van der Waals surface area contributed by atoms with Gasteiger partial charge in [-0.05, 0) is 36.8 Å². The molecule has 0 bridgehead atoms. The van der Waals surface area contributed by atoms with E-state index in [1.165, 1.54) is 10.8 Å². The minimum Gasteiger partial charge on any atom is -0.348 e. The standard InChI is InChI=1S/C17H16N4O2/c1-12(13-6-8-18-9-7-13)20-16(22)11-21-15-5-3-2-4-14(15)19-10-17(21)23/h2-10,12H,11H2,1H3,(H,20,22). The highest BCUT2D eigenvalue weighted by atomic mass is 16.2. The van der Waals surface area contributed by atoms with Gasteiger partial charge < -0.3 is 5.32 Å². The van der Waals surface area contributed by atoms with E-state index in [-0.39, 0.29) is 24.1 Å². The van der Waals surface area contributed by atoms with Crippen molar-refractivity contribution in [3.8, 4) is 0 Å². The van der Waals surface area contributed by atoms with Gasteiger partial charge in [0.25, 0.3) is 5.56 Å². The van der Waals surface area contributed by atoms with E-state index >= 15 is 0 Å². The first kappa shape index (κ1) is 14.9. The van der Waals surface area contributed by atoms with E-state index in [0.717, 1.165) is 5.56 Å². The predicted molar refractivity (Wildman–Crippen MR) is 86.8 cm³/mol. The Bertz CT molecular complexity index is 890. The molecule has 1 unspecified atom stereocenters. The number of para-hydroxylation sites is 2. The number of carbonyl (C=O) groups excluding carboxylic acids is 1. The molecule has 0 saturated heterocycles. The summed E-state index contributed by atoms with van der Waals surface area (Å²) in [6.45, 7) is 1.85. The molecule has 1 amide bonds. The van der Waals surface area contributed by atoms with Crippen LogP contribution in [0.2, 0.25) is 0 Å². The molecule has 2 aromatic heterocycles. The number of nitrogens with zero attached hydrogens (tertiary/aromatic N) is 3. The quantitative estimate of drug-likeness (QED) is 0.795. The number of aromatic nitrogens is 3. The second-order valence-corrected chi connectivity index (χ2v) is 5.24. The fourth-order valence-electron chi connectivity index (χ4n) is 2.44. The van der Waals surface area contributed by atoms with Crippen molar-refractivity contribution in [2.24, 2.45) is 0 Å². The van der Waals surface area contributed by atoms with E-state index < -0.39 is 0 Å². The molecule has 0 saturated carbocycles. The molecule has 1 aromatic carbocycles. The van der Waals surface area contributed by atoms with Gasteiger partial charge in [0, 0.05) is 12.4 Å². The van der Waals surface area contributed by atoms with Crippen LogP contribution < -0.4 is 10.9 Å². The first-order chi connectivity index (χ1) is 11.1. The minimum atomic E-state index is -0.296. The summed E-state index contributed by atoms with van der Waals surface area (Å²) in [5, 5.41) is 2.89. The van der Waals surface area contributed by atoms with E-state index in [4.69, 9.17) is 0 Å². The second-order valence-electron chi connectivity index (χ2n) is 5.24. The lowest BCUT2D eigenvalue weighted by Gasteiger charge is -2.15. The Kier molecular flexibility index (Phi) is 4.14. The van der Waals surface area contributed by atoms with Gasteiger partial charge in [-0.3, -0.25) is 19.1 Å². The molecule has 116 valence electrons. The van der Waals surface area contributed by atoms with Gasteiger partial charge in [0.1, 0.15) is 6.54 Å². The summed E-state index contributed by atoms with van der Waals surface area (Å²) in [5.41, 5.74) is 1.99. The first-order valence-corrected chi connectivity index (χ1v) is 7.29. The highest BCUT2D eigenvalue weighted by molar-refractivity contribution is 5.80. The third-order valence-corrected chi connectivity index (χ3v) is 3.64. The summed E-state index contributed by atoms with van der Waals surface area (Å²) in [7, 11) is 0. The molecule has 0 radical (unpaired) electrons. The summed E-state index contributed by atoms with van der Waals surface area (Å²) in [6.07, 6.45) is 4.60. The Balaban J connectivity index is 1.81. The first-order valence-electron chi connectivity index (χ1n) is 7.29. The average molecular weight is 308 g/mol. The van der Waals surface area contributed by atoms with Crippen LogP contribution in [-0.2, 0) is 11.3 Å². The fourth-order valence-corrected chi connectivity index (χ4v) is 2.44. The number of hydrogen-bond donors (Lipinski definition) is 1. The minimum absolute atomic E-state index is 0.0444. The molecular weight excluding hydrogens is 292 g/mol. The van der Waals surface area contributed by atoms with Crippen molar-refractivity contribution in [3.63, 3.8) is 0 Å². The van der Waals surface area contributed by atoms with Crippen LogP contribution in [0.15, 0.2) is 59.8 Å². The van der Waals surface area contributed by atoms with Crippen molar-refractivity contribution in [2.45, 2.75) is 19.5 Å². The Hall–Kier alpha value is -3.02. The highest BCUT2D eigenvalue weighted by Gasteiger charge is 2.12. The maximum atomic E-state index is 12.3. The largest absolute Gasteiger partial charge is 0.348 e. The number of benzene rings is 1. The summed E-state index contributed by atoms with van der Waals surface area (Å²) < 4.78 is 1.43. The Morgan fingerprint density at radius 2 is 1.96 bits per heavy atom. The highest BCUT2D eigenvalue weighted by Crippen LogP contribution is 2.11. The maximum Gasteiger partial charge on any atom is 0.269 e. The van der Waals surface area contributed by atoms with Gasteiger partial charge in [0.05, 0.1) is 23.3 Å². The maximum absolute atomic E-state index is 12.3. The van der Waals surface area contributed by atoms with Crippen LogP contribution in [0, 0.1) is 0 Å². The van der Waals surface area contributed by atoms with Crippen molar-refractivity contribution in [1.29, 1.82) is 0 Å². The smallest absolute Gasteiger partial charge is 0.269 e. The molecule has 6 nitrogen and oxygen atoms in total. The number of nitrogens with one attached hydrogen (secondary N) is 1. The van der Waals surface area contributed by atoms with Gasteiger partial charge in [-0.25, -0.2) is 4.98 Å². The van der Waals surface area contributed by atoms with E-state index in [1.807, 2.05) is 37.3 Å². The van der Waals surface area contributed by atoms with Crippen molar-refractivity contribution >= 4 is 16.9 Å². The molecular formula is C17H16N4O2. The zero-order valence-electron chi connectivity index (χ0n) is 12.6. The van der Waals surface area contributed by atoms with Gasteiger partial charge in [0.2, 0.25) is 5.91 Å². The number of pyridine rings is 1. The van der Waals surface area contributed by atoms with Crippen molar-refractivity contribution in [3.05, 3.63) is 70.9 Å². The molecule has 3 rings (SSSR count). The summed E-state index contributed by atoms with van der Waals surface area (Å²) in [4.78, 5) is 32.4. The number of amides is 1. The van der Waals surface area contributed by atoms with Gasteiger partial charge in [-0.2, -0.15) is 0 Å². The zero-order valence-corrected chi connectivity index (χ0v) is 12.6. The molecule has 2 heterocycles. The molecule has 0 aliphatic heterocycles. The Morgan fingerprint density at radius 3 is 2.74 bits per heavy atom. The van der Waals surface area contributed by atoms with Gasteiger partial charge in [-0.1, -0.05) is 12.1 Å². The van der Waals surface area contributed by atoms with E-state index in [0.29, 0.717) is 11.0 Å². The van der Waals surface area contributed by atoms with Gasteiger partial charge in [-0.15, -0.1) is 0 Å². The van der Waals surface area contributed by atoms with Crippen LogP contribution in [0.25, 0.3) is 11.0 Å². The molecule has 0 aliphatic rings. The van der Waals surface area contributed by atoms with Gasteiger partial charge >= 0.3 is 0 Å². The number of rotatable bonds is 4. The van der Waals surface area contributed by atoms with Crippen molar-refractivity contribution < 1.29 is 4.79 Å². The molecule has 6 heteroatoms. The number of fused-ring (bicyclic) bond motifs is 1. The number of carbonyl (C=O) groups is 1. The average Bonchev–Trinajstić information content (AvgIpc) is 2.58.